The number of morpholine rings is 1. The van der Waals surface area contributed by atoms with Crippen molar-refractivity contribution in [1.29, 1.82) is 0 Å². The van der Waals surface area contributed by atoms with Gasteiger partial charge in [-0.05, 0) is 48.9 Å². The number of hydrogen-bond donors (Lipinski definition) is 4. The van der Waals surface area contributed by atoms with E-state index in [1.807, 2.05) is 0 Å². The molecule has 286 valence electrons. The molecule has 0 atom stereocenters. The maximum Gasteiger partial charge on any atom is 0.278 e. The first-order valence-corrected chi connectivity index (χ1v) is 17.5. The van der Waals surface area contributed by atoms with Gasteiger partial charge in [0.15, 0.2) is 17.0 Å². The average molecular weight is 761 g/mol. The molecule has 20 heteroatoms. The summed E-state index contributed by atoms with van der Waals surface area (Å²) in [6.07, 6.45) is 8.53. The fourth-order valence-electron chi connectivity index (χ4n) is 6.00. The Hall–Kier alpha value is -7.19. The van der Waals surface area contributed by atoms with Crippen LogP contribution in [-0.2, 0) is 17.8 Å². The van der Waals surface area contributed by atoms with Gasteiger partial charge < -0.3 is 25.5 Å². The average Bonchev–Trinajstić information content (AvgIpc) is 3.74. The number of imidazole rings is 2. The third-order valence-corrected chi connectivity index (χ3v) is 8.74. The molecule has 0 aliphatic carbocycles. The molecule has 1 aliphatic rings. The van der Waals surface area contributed by atoms with Gasteiger partial charge >= 0.3 is 0 Å². The van der Waals surface area contributed by atoms with E-state index < -0.39 is 23.6 Å². The molecule has 1 saturated heterocycles. The van der Waals surface area contributed by atoms with Crippen LogP contribution in [0.3, 0.4) is 0 Å². The van der Waals surface area contributed by atoms with Crippen molar-refractivity contribution in [2.75, 3.05) is 50.1 Å². The largest absolute Gasteiger partial charge is 0.491 e. The van der Waals surface area contributed by atoms with Crippen molar-refractivity contribution in [2.45, 2.75) is 19.5 Å². The molecule has 0 bridgehead atoms. The van der Waals surface area contributed by atoms with E-state index in [0.29, 0.717) is 54.2 Å². The number of primary amides is 2. The number of ether oxygens (including phenoxy) is 2. The maximum atomic E-state index is 13.3. The Bertz CT molecular complexity index is 2430. The zero-order chi connectivity index (χ0) is 39.0. The summed E-state index contributed by atoms with van der Waals surface area (Å²) in [6, 6.07) is 10.8. The lowest BCUT2D eigenvalue weighted by molar-refractivity contribution is 0.0358. The lowest BCUT2D eigenvalue weighted by Crippen LogP contribution is -2.37. The monoisotopic (exact) mass is 760 g/mol. The highest BCUT2D eigenvalue weighted by Crippen LogP contribution is 2.31. The first-order chi connectivity index (χ1) is 27.2. The molecule has 5 aromatic heterocycles. The predicted octanol–water partition coefficient (Wildman–Crippen LogP) is 1.42. The van der Waals surface area contributed by atoms with Crippen molar-refractivity contribution >= 4 is 57.7 Å². The molecule has 0 saturated carbocycles. The van der Waals surface area contributed by atoms with Crippen molar-refractivity contribution < 1.29 is 28.7 Å². The van der Waals surface area contributed by atoms with Crippen LogP contribution in [0.2, 0.25) is 0 Å². The number of nitrogens with zero attached hydrogens (tertiary/aromatic N) is 10. The molecule has 4 amide bonds. The van der Waals surface area contributed by atoms with Gasteiger partial charge in [0.2, 0.25) is 23.7 Å². The number of benzene rings is 1. The van der Waals surface area contributed by atoms with Crippen LogP contribution in [-0.4, -0.2) is 112 Å². The summed E-state index contributed by atoms with van der Waals surface area (Å²) in [4.78, 5) is 66.4. The minimum Gasteiger partial charge on any atom is -0.491 e. The number of allylic oxidation sites excluding steroid dienone is 2. The summed E-state index contributed by atoms with van der Waals surface area (Å²) in [5.41, 5.74) is 13.2. The number of carbonyl (C=O) groups excluding carboxylic acids is 4. The number of aromatic nitrogens is 9. The first kappa shape index (κ1) is 37.1. The van der Waals surface area contributed by atoms with Crippen molar-refractivity contribution in [3.63, 3.8) is 0 Å². The van der Waals surface area contributed by atoms with Gasteiger partial charge in [0.05, 0.1) is 30.9 Å². The van der Waals surface area contributed by atoms with Crippen LogP contribution < -0.4 is 26.8 Å². The number of pyridine rings is 1. The number of nitrogens with two attached hydrogens (primary N) is 2. The molecule has 0 radical (unpaired) electrons. The van der Waals surface area contributed by atoms with Crippen LogP contribution >= 0.6 is 0 Å². The molecule has 6 heterocycles. The summed E-state index contributed by atoms with van der Waals surface area (Å²) >= 11 is 0. The molecular formula is C36H36N14O6. The van der Waals surface area contributed by atoms with Crippen LogP contribution in [0.15, 0.2) is 73.2 Å². The molecule has 1 fully saturated rings. The Labute approximate surface area is 317 Å². The van der Waals surface area contributed by atoms with Crippen LogP contribution in [0.5, 0.6) is 5.75 Å². The van der Waals surface area contributed by atoms with E-state index in [4.69, 9.17) is 20.9 Å². The van der Waals surface area contributed by atoms with Gasteiger partial charge in [-0.2, -0.15) is 10.2 Å². The molecule has 7 rings (SSSR count). The first-order valence-electron chi connectivity index (χ1n) is 17.5. The van der Waals surface area contributed by atoms with Crippen molar-refractivity contribution in [1.82, 2.24) is 49.4 Å². The van der Waals surface area contributed by atoms with E-state index in [2.05, 4.69) is 50.9 Å². The molecule has 6 N–H and O–H groups in total. The Morgan fingerprint density at radius 2 is 1.41 bits per heavy atom. The van der Waals surface area contributed by atoms with Gasteiger partial charge in [-0.25, -0.2) is 15.0 Å². The predicted molar refractivity (Wildman–Crippen MR) is 201 cm³/mol. The van der Waals surface area contributed by atoms with Gasteiger partial charge in [0.25, 0.3) is 11.8 Å². The third-order valence-electron chi connectivity index (χ3n) is 8.74. The van der Waals surface area contributed by atoms with E-state index in [0.717, 1.165) is 19.6 Å². The normalized spacial score (nSPS) is 13.3. The molecular weight excluding hydrogens is 724 g/mol. The number of anilines is 2. The van der Waals surface area contributed by atoms with Gasteiger partial charge in [-0.15, -0.1) is 10.2 Å². The van der Waals surface area contributed by atoms with Crippen LogP contribution in [0.4, 0.5) is 11.9 Å². The molecule has 0 spiro atoms. The van der Waals surface area contributed by atoms with Gasteiger partial charge in [-0.1, -0.05) is 12.2 Å². The quantitative estimate of drug-likeness (QED) is 0.0852. The minimum absolute atomic E-state index is 0.0640. The highest BCUT2D eigenvalue weighted by Gasteiger charge is 2.22. The van der Waals surface area contributed by atoms with Crippen molar-refractivity contribution in [3.8, 4) is 5.75 Å². The molecule has 1 aromatic carbocycles. The second-order valence-corrected chi connectivity index (χ2v) is 12.5. The highest BCUT2D eigenvalue weighted by molar-refractivity contribution is 6.04. The van der Waals surface area contributed by atoms with Crippen LogP contribution in [0, 0.1) is 0 Å². The van der Waals surface area contributed by atoms with Gasteiger partial charge in [0, 0.05) is 56.9 Å². The number of fused-ring (bicyclic) bond motifs is 2. The minimum atomic E-state index is -0.683. The second-order valence-electron chi connectivity index (χ2n) is 12.5. The Morgan fingerprint density at radius 3 is 2.04 bits per heavy atom. The van der Waals surface area contributed by atoms with Gasteiger partial charge in [0.1, 0.15) is 16.8 Å². The summed E-state index contributed by atoms with van der Waals surface area (Å²) < 4.78 is 15.1. The third kappa shape index (κ3) is 8.45. The molecule has 20 nitrogen and oxygen atoms in total. The van der Waals surface area contributed by atoms with Crippen molar-refractivity contribution in [2.24, 2.45) is 11.5 Å². The van der Waals surface area contributed by atoms with Crippen molar-refractivity contribution in [3.05, 3.63) is 95.7 Å². The van der Waals surface area contributed by atoms with Crippen LogP contribution in [0.1, 0.15) is 48.1 Å². The number of nitrogens with one attached hydrogen (secondary N) is 2. The molecule has 56 heavy (non-hydrogen) atoms. The number of hydrogen-bond acceptors (Lipinski definition) is 14. The lowest BCUT2D eigenvalue weighted by Gasteiger charge is -2.26. The standard InChI is InChI=1S/C36H36N14O6/c37-30(51)22-18-26-29(28(20-22)56-15-5-10-48-13-16-55-17-14-48)49(35(42-26)44-33(53)24-6-3-8-40-46-24)11-1-2-12-50-32-27(19-23(21-39-32)31(38)52)43-36(50)45-34(54)25-7-4-9-41-47-25/h1-4,6-9,18-21H,5,10-17H2,(H2,37,51)(H2,38,52)(H,42,44,53)(H,43,45,54)/b2-1+. The topological polar surface area (TPSA) is 266 Å². The van der Waals surface area contributed by atoms with E-state index >= 15 is 0 Å². The smallest absolute Gasteiger partial charge is 0.278 e. The lowest BCUT2D eigenvalue weighted by atomic mass is 10.1. The fraction of sp³-hybridized carbons (Fsp3) is 0.250. The number of amides is 4. The molecule has 6 aromatic rings. The summed E-state index contributed by atoms with van der Waals surface area (Å²) in [5, 5.41) is 20.9. The van der Waals surface area contributed by atoms with E-state index in [1.54, 1.807) is 39.5 Å². The summed E-state index contributed by atoms with van der Waals surface area (Å²) in [7, 11) is 0. The van der Waals surface area contributed by atoms with E-state index in [1.165, 1.54) is 42.9 Å². The fourth-order valence-corrected chi connectivity index (χ4v) is 6.00. The number of rotatable bonds is 15. The highest BCUT2D eigenvalue weighted by atomic mass is 16.5. The van der Waals surface area contributed by atoms with Gasteiger partial charge in [-0.3, -0.25) is 39.3 Å². The Kier molecular flexibility index (Phi) is 11.2. The van der Waals surface area contributed by atoms with Crippen LogP contribution in [0.25, 0.3) is 22.2 Å². The number of carbonyl (C=O) groups is 4. The molecule has 1 aliphatic heterocycles. The maximum absolute atomic E-state index is 13.3. The van der Waals surface area contributed by atoms with E-state index in [9.17, 15) is 19.2 Å². The Balaban J connectivity index is 1.20. The second kappa shape index (κ2) is 16.9. The van der Waals surface area contributed by atoms with E-state index in [-0.39, 0.29) is 47.5 Å². The Morgan fingerprint density at radius 1 is 0.804 bits per heavy atom. The zero-order valence-corrected chi connectivity index (χ0v) is 29.9. The molecule has 0 unspecified atom stereocenters. The summed E-state index contributed by atoms with van der Waals surface area (Å²) in [5.74, 6) is -1.85. The SMILES string of the molecule is NC(=O)c1cnc2c(c1)nc(NC(=O)c1cccnn1)n2C/C=C/Cn1c(NC(=O)c2cccnn2)nc2cc(C(N)=O)cc(OCCCN3CCOCC3)c21. The summed E-state index contributed by atoms with van der Waals surface area (Å²) in [6.45, 7) is 4.47. The zero-order valence-electron chi connectivity index (χ0n) is 29.9.